The van der Waals surface area contributed by atoms with Crippen LogP contribution in [0.1, 0.15) is 34.5 Å². The monoisotopic (exact) mass is 239 g/mol. The van der Waals surface area contributed by atoms with Crippen LogP contribution in [0, 0.1) is 6.92 Å². The van der Waals surface area contributed by atoms with Crippen molar-refractivity contribution in [3.05, 3.63) is 41.3 Å². The lowest BCUT2D eigenvalue weighted by molar-refractivity contribution is 0.0971. The topological polar surface area (TPSA) is 55.7 Å². The van der Waals surface area contributed by atoms with Crippen molar-refractivity contribution in [3.8, 4) is 11.5 Å². The van der Waals surface area contributed by atoms with Crippen LogP contribution in [0.4, 0.5) is 0 Å². The normalized spacial score (nSPS) is 14.4. The maximum Gasteiger partial charge on any atom is 0.178 e. The lowest BCUT2D eigenvalue weighted by Gasteiger charge is -2.13. The van der Waals surface area contributed by atoms with E-state index in [0.717, 1.165) is 29.8 Å². The molecule has 0 saturated heterocycles. The summed E-state index contributed by atoms with van der Waals surface area (Å²) < 4.78 is 0. The Hall–Kier alpha value is -2.10. The Morgan fingerprint density at radius 2 is 2.11 bits per heavy atom. The first-order chi connectivity index (χ1) is 8.74. The van der Waals surface area contributed by atoms with Crippen molar-refractivity contribution < 1.29 is 4.79 Å². The van der Waals surface area contributed by atoms with Crippen molar-refractivity contribution in [2.24, 2.45) is 0 Å². The Balaban J connectivity index is 2.07. The number of aryl methyl sites for hydroxylation is 2. The number of hydrogen-bond donors (Lipinski definition) is 0. The molecule has 3 rings (SSSR count). The van der Waals surface area contributed by atoms with Crippen LogP contribution < -0.4 is 0 Å². The number of carbonyl (C=O) groups is 1. The highest BCUT2D eigenvalue weighted by Gasteiger charge is 2.19. The molecule has 1 aliphatic carbocycles. The van der Waals surface area contributed by atoms with Crippen LogP contribution in [-0.4, -0.2) is 20.7 Å². The Bertz CT molecular complexity index is 622. The van der Waals surface area contributed by atoms with E-state index in [4.69, 9.17) is 0 Å². The molecule has 4 nitrogen and oxygen atoms in total. The van der Waals surface area contributed by atoms with Gasteiger partial charge in [-0.15, -0.1) is 0 Å². The molecule has 0 aliphatic heterocycles. The van der Waals surface area contributed by atoms with E-state index in [1.807, 2.05) is 19.1 Å². The van der Waals surface area contributed by atoms with Crippen molar-refractivity contribution in [2.45, 2.75) is 26.2 Å². The summed E-state index contributed by atoms with van der Waals surface area (Å²) in [4.78, 5) is 24.7. The van der Waals surface area contributed by atoms with Gasteiger partial charge in [-0.05, 0) is 37.5 Å². The number of hydrogen-bond acceptors (Lipinski definition) is 4. The van der Waals surface area contributed by atoms with Crippen LogP contribution in [0.2, 0.25) is 0 Å². The van der Waals surface area contributed by atoms with Gasteiger partial charge in [-0.3, -0.25) is 9.78 Å². The molecule has 0 atom stereocenters. The molecule has 2 aromatic rings. The van der Waals surface area contributed by atoms with E-state index in [-0.39, 0.29) is 5.78 Å². The molecule has 2 aromatic heterocycles. The van der Waals surface area contributed by atoms with E-state index in [1.165, 1.54) is 0 Å². The summed E-state index contributed by atoms with van der Waals surface area (Å²) >= 11 is 0. The van der Waals surface area contributed by atoms with Crippen molar-refractivity contribution in [1.29, 1.82) is 0 Å². The molecular formula is C14H13N3O. The van der Waals surface area contributed by atoms with E-state index >= 15 is 0 Å². The average Bonchev–Trinajstić information content (AvgIpc) is 2.39. The third-order valence-corrected chi connectivity index (χ3v) is 3.13. The summed E-state index contributed by atoms with van der Waals surface area (Å²) in [5.41, 5.74) is 3.42. The molecule has 0 saturated carbocycles. The van der Waals surface area contributed by atoms with Gasteiger partial charge in [0.1, 0.15) is 5.69 Å². The average molecular weight is 239 g/mol. The maximum atomic E-state index is 11.7. The van der Waals surface area contributed by atoms with Gasteiger partial charge in [-0.25, -0.2) is 9.97 Å². The maximum absolute atomic E-state index is 11.7. The highest BCUT2D eigenvalue weighted by Crippen LogP contribution is 2.21. The molecule has 1 aliphatic rings. The number of nitrogens with zero attached hydrogens (tertiary/aromatic N) is 3. The number of fused-ring (bicyclic) bond motifs is 1. The standard InChI is InChI=1S/C14H13N3O/c1-9-5-6-15-12(7-9)14-16-8-10-11(17-14)3-2-4-13(10)18/h5-8H,2-4H2,1H3. The van der Waals surface area contributed by atoms with Gasteiger partial charge in [0.2, 0.25) is 0 Å². The number of Topliss-reactive ketones (excluding diaryl/α,β-unsaturated/α-hetero) is 1. The highest BCUT2D eigenvalue weighted by atomic mass is 16.1. The molecular weight excluding hydrogens is 226 g/mol. The Labute approximate surface area is 105 Å². The molecule has 0 spiro atoms. The molecule has 0 amide bonds. The second-order valence-corrected chi connectivity index (χ2v) is 4.55. The van der Waals surface area contributed by atoms with Gasteiger partial charge in [0, 0.05) is 18.8 Å². The molecule has 0 radical (unpaired) electrons. The third kappa shape index (κ3) is 1.90. The van der Waals surface area contributed by atoms with Gasteiger partial charge in [0.05, 0.1) is 11.3 Å². The fourth-order valence-corrected chi connectivity index (χ4v) is 2.17. The zero-order valence-electron chi connectivity index (χ0n) is 10.2. The number of carbonyl (C=O) groups excluding carboxylic acids is 1. The number of aromatic nitrogens is 3. The van der Waals surface area contributed by atoms with E-state index in [2.05, 4.69) is 15.0 Å². The molecule has 2 heterocycles. The minimum Gasteiger partial charge on any atom is -0.294 e. The van der Waals surface area contributed by atoms with Crippen molar-refractivity contribution in [3.63, 3.8) is 0 Å². The highest BCUT2D eigenvalue weighted by molar-refractivity contribution is 5.97. The van der Waals surface area contributed by atoms with Gasteiger partial charge >= 0.3 is 0 Å². The first-order valence-corrected chi connectivity index (χ1v) is 6.06. The Morgan fingerprint density at radius 1 is 1.22 bits per heavy atom. The molecule has 0 aromatic carbocycles. The zero-order valence-corrected chi connectivity index (χ0v) is 10.2. The molecule has 90 valence electrons. The van der Waals surface area contributed by atoms with Gasteiger partial charge in [0.15, 0.2) is 11.6 Å². The number of rotatable bonds is 1. The molecule has 0 bridgehead atoms. The van der Waals surface area contributed by atoms with Crippen LogP contribution >= 0.6 is 0 Å². The lowest BCUT2D eigenvalue weighted by Crippen LogP contribution is -2.14. The van der Waals surface area contributed by atoms with Crippen LogP contribution in [0.3, 0.4) is 0 Å². The lowest BCUT2D eigenvalue weighted by atomic mass is 9.96. The summed E-state index contributed by atoms with van der Waals surface area (Å²) in [5, 5.41) is 0. The van der Waals surface area contributed by atoms with Gasteiger partial charge in [0.25, 0.3) is 0 Å². The van der Waals surface area contributed by atoms with E-state index in [0.29, 0.717) is 17.8 Å². The van der Waals surface area contributed by atoms with Crippen LogP contribution in [0.15, 0.2) is 24.5 Å². The molecule has 0 N–H and O–H groups in total. The quantitative estimate of drug-likeness (QED) is 0.766. The third-order valence-electron chi connectivity index (χ3n) is 3.13. The van der Waals surface area contributed by atoms with Gasteiger partial charge in [-0.2, -0.15) is 0 Å². The minimum absolute atomic E-state index is 0.153. The van der Waals surface area contributed by atoms with Crippen molar-refractivity contribution >= 4 is 5.78 Å². The van der Waals surface area contributed by atoms with Crippen LogP contribution in [0.25, 0.3) is 11.5 Å². The molecule has 0 fully saturated rings. The molecule has 4 heteroatoms. The SMILES string of the molecule is Cc1ccnc(-c2ncc3c(n2)CCCC3=O)c1. The van der Waals surface area contributed by atoms with Crippen LogP contribution in [-0.2, 0) is 6.42 Å². The minimum atomic E-state index is 0.153. The number of ketones is 1. The van der Waals surface area contributed by atoms with E-state index < -0.39 is 0 Å². The smallest absolute Gasteiger partial charge is 0.178 e. The number of pyridine rings is 1. The summed E-state index contributed by atoms with van der Waals surface area (Å²) in [6.07, 6.45) is 5.73. The Kier molecular flexibility index (Phi) is 2.63. The fourth-order valence-electron chi connectivity index (χ4n) is 2.17. The largest absolute Gasteiger partial charge is 0.294 e. The van der Waals surface area contributed by atoms with Crippen molar-refractivity contribution in [2.75, 3.05) is 0 Å². The van der Waals surface area contributed by atoms with Gasteiger partial charge in [-0.1, -0.05) is 0 Å². The van der Waals surface area contributed by atoms with Crippen molar-refractivity contribution in [1.82, 2.24) is 15.0 Å². The predicted molar refractivity (Wildman–Crippen MR) is 67.3 cm³/mol. The summed E-state index contributed by atoms with van der Waals surface area (Å²) in [6, 6.07) is 3.89. The second-order valence-electron chi connectivity index (χ2n) is 4.55. The van der Waals surface area contributed by atoms with Gasteiger partial charge < -0.3 is 0 Å². The zero-order chi connectivity index (χ0) is 12.5. The molecule has 18 heavy (non-hydrogen) atoms. The summed E-state index contributed by atoms with van der Waals surface area (Å²) in [5.74, 6) is 0.757. The summed E-state index contributed by atoms with van der Waals surface area (Å²) in [6.45, 7) is 2.01. The fraction of sp³-hybridized carbons (Fsp3) is 0.286. The molecule has 0 unspecified atom stereocenters. The summed E-state index contributed by atoms with van der Waals surface area (Å²) in [7, 11) is 0. The van der Waals surface area contributed by atoms with E-state index in [9.17, 15) is 4.79 Å². The Morgan fingerprint density at radius 3 is 2.94 bits per heavy atom. The second kappa shape index (κ2) is 4.29. The predicted octanol–water partition coefficient (Wildman–Crippen LogP) is 2.37. The first kappa shape index (κ1) is 11.0. The van der Waals surface area contributed by atoms with Crippen LogP contribution in [0.5, 0.6) is 0 Å². The van der Waals surface area contributed by atoms with E-state index in [1.54, 1.807) is 12.4 Å². The first-order valence-electron chi connectivity index (χ1n) is 6.06.